The lowest BCUT2D eigenvalue weighted by atomic mass is 9.55. The number of imide groups is 1. The van der Waals surface area contributed by atoms with Crippen molar-refractivity contribution in [2.75, 3.05) is 0 Å². The Hall–Kier alpha value is -4.46. The Morgan fingerprint density at radius 2 is 1.29 bits per heavy atom. The van der Waals surface area contributed by atoms with Crippen LogP contribution in [0.1, 0.15) is 45.4 Å². The fourth-order valence-corrected chi connectivity index (χ4v) is 6.32. The van der Waals surface area contributed by atoms with Gasteiger partial charge in [0.25, 0.3) is 11.8 Å². The number of amides is 2. The van der Waals surface area contributed by atoms with Crippen molar-refractivity contribution in [1.82, 2.24) is 5.01 Å². The van der Waals surface area contributed by atoms with Crippen LogP contribution in [0.3, 0.4) is 0 Å². The zero-order chi connectivity index (χ0) is 26.2. The molecule has 2 heterocycles. The molecule has 0 saturated carbocycles. The van der Waals surface area contributed by atoms with Gasteiger partial charge in [0.2, 0.25) is 0 Å². The van der Waals surface area contributed by atoms with E-state index in [0.29, 0.717) is 0 Å². The van der Waals surface area contributed by atoms with E-state index in [4.69, 9.17) is 4.42 Å². The van der Waals surface area contributed by atoms with Crippen molar-refractivity contribution in [1.29, 1.82) is 0 Å². The quantitative estimate of drug-likeness (QED) is 0.243. The normalized spacial score (nSPS) is 23.6. The van der Waals surface area contributed by atoms with Gasteiger partial charge in [-0.3, -0.25) is 9.59 Å². The van der Waals surface area contributed by atoms with E-state index in [9.17, 15) is 22.8 Å². The predicted molar refractivity (Wildman–Crippen MR) is 132 cm³/mol. The molecule has 0 spiro atoms. The van der Waals surface area contributed by atoms with Crippen LogP contribution in [0.4, 0.5) is 13.2 Å². The van der Waals surface area contributed by atoms with Crippen LogP contribution in [-0.4, -0.2) is 23.0 Å². The summed E-state index contributed by atoms with van der Waals surface area (Å²) in [6.45, 7) is 0. The van der Waals surface area contributed by atoms with Crippen molar-refractivity contribution in [3.05, 3.63) is 119 Å². The number of alkyl halides is 3. The highest BCUT2D eigenvalue weighted by Gasteiger charge is 2.61. The molecule has 2 amide bonds. The Kier molecular flexibility index (Phi) is 4.79. The second-order valence-electron chi connectivity index (χ2n) is 9.78. The van der Waals surface area contributed by atoms with Crippen LogP contribution in [0.2, 0.25) is 0 Å². The second-order valence-corrected chi connectivity index (χ2v) is 9.78. The molecule has 1 aromatic heterocycles. The maximum absolute atomic E-state index is 13.6. The van der Waals surface area contributed by atoms with Gasteiger partial charge in [0.15, 0.2) is 0 Å². The van der Waals surface area contributed by atoms with E-state index < -0.39 is 23.6 Å². The van der Waals surface area contributed by atoms with Gasteiger partial charge in [0.1, 0.15) is 11.5 Å². The highest BCUT2D eigenvalue weighted by Crippen LogP contribution is 2.60. The molecule has 8 heteroatoms. The number of hydrogen-bond donors (Lipinski definition) is 0. The molecule has 3 aliphatic carbocycles. The molecule has 8 rings (SSSR count). The van der Waals surface area contributed by atoms with Crippen LogP contribution in [0.5, 0.6) is 0 Å². The summed E-state index contributed by atoms with van der Waals surface area (Å²) in [6.07, 6.45) is -3.22. The SMILES string of the molecule is O=C1C2C3c4ccccc4C(c4ccccc43)C2C(=O)N1N=Cc1ccc(-c2cccc(C(F)(F)F)c2)o1. The number of rotatable bonds is 3. The number of nitrogens with zero attached hydrogens (tertiary/aromatic N) is 2. The lowest BCUT2D eigenvalue weighted by Crippen LogP contribution is -2.41. The molecule has 2 unspecified atom stereocenters. The Labute approximate surface area is 215 Å². The molecule has 0 radical (unpaired) electrons. The molecule has 3 aromatic carbocycles. The number of carbonyl (C=O) groups is 2. The van der Waals surface area contributed by atoms with E-state index in [1.165, 1.54) is 30.5 Å². The van der Waals surface area contributed by atoms with E-state index in [0.717, 1.165) is 39.4 Å². The molecule has 188 valence electrons. The van der Waals surface area contributed by atoms with Crippen molar-refractivity contribution >= 4 is 18.0 Å². The lowest BCUT2D eigenvalue weighted by molar-refractivity contribution is -0.140. The van der Waals surface area contributed by atoms with Crippen molar-refractivity contribution in [3.63, 3.8) is 0 Å². The number of hydrazone groups is 1. The third-order valence-corrected chi connectivity index (χ3v) is 7.83. The highest BCUT2D eigenvalue weighted by atomic mass is 19.4. The Morgan fingerprint density at radius 3 is 1.82 bits per heavy atom. The molecule has 5 nitrogen and oxygen atoms in total. The minimum atomic E-state index is -4.47. The molecule has 1 saturated heterocycles. The minimum absolute atomic E-state index is 0.211. The van der Waals surface area contributed by atoms with Gasteiger partial charge >= 0.3 is 6.18 Å². The Morgan fingerprint density at radius 1 is 0.737 bits per heavy atom. The van der Waals surface area contributed by atoms with Gasteiger partial charge in [-0.2, -0.15) is 23.3 Å². The molecule has 38 heavy (non-hydrogen) atoms. The molecule has 2 atom stereocenters. The van der Waals surface area contributed by atoms with Gasteiger partial charge in [0, 0.05) is 17.4 Å². The summed E-state index contributed by atoms with van der Waals surface area (Å²) in [5.74, 6) is -1.86. The maximum atomic E-state index is 13.6. The summed E-state index contributed by atoms with van der Waals surface area (Å²) in [6, 6.07) is 23.8. The number of benzene rings is 3. The maximum Gasteiger partial charge on any atom is 0.416 e. The average Bonchev–Trinajstić information content (AvgIpc) is 3.50. The molecular formula is C30H19F3N2O3. The third kappa shape index (κ3) is 3.22. The summed E-state index contributed by atoms with van der Waals surface area (Å²) < 4.78 is 45.0. The number of hydrogen-bond acceptors (Lipinski definition) is 4. The highest BCUT2D eigenvalue weighted by molar-refractivity contribution is 6.08. The van der Waals surface area contributed by atoms with Crippen LogP contribution >= 0.6 is 0 Å². The smallest absolute Gasteiger partial charge is 0.416 e. The molecule has 2 bridgehead atoms. The van der Waals surface area contributed by atoms with Crippen LogP contribution in [0.25, 0.3) is 11.3 Å². The van der Waals surface area contributed by atoms with Crippen LogP contribution in [-0.2, 0) is 15.8 Å². The first-order chi connectivity index (χ1) is 18.3. The first-order valence-electron chi connectivity index (χ1n) is 12.2. The summed E-state index contributed by atoms with van der Waals surface area (Å²) in [4.78, 5) is 27.2. The zero-order valence-electron chi connectivity index (χ0n) is 19.7. The molecule has 0 N–H and O–H groups in total. The summed E-state index contributed by atoms with van der Waals surface area (Å²) in [5, 5.41) is 5.13. The molecule has 4 aliphatic rings. The minimum Gasteiger partial charge on any atom is -0.455 e. The summed E-state index contributed by atoms with van der Waals surface area (Å²) in [5.41, 5.74) is 3.75. The number of carbonyl (C=O) groups excluding carboxylic acids is 2. The van der Waals surface area contributed by atoms with Crippen molar-refractivity contribution in [3.8, 4) is 11.3 Å². The molecule has 1 fully saturated rings. The fraction of sp³-hybridized carbons (Fsp3) is 0.167. The fourth-order valence-electron chi connectivity index (χ4n) is 6.32. The van der Waals surface area contributed by atoms with Gasteiger partial charge in [-0.15, -0.1) is 0 Å². The van der Waals surface area contributed by atoms with Crippen molar-refractivity contribution in [2.24, 2.45) is 16.9 Å². The van der Waals surface area contributed by atoms with Crippen LogP contribution < -0.4 is 0 Å². The van der Waals surface area contributed by atoms with Crippen molar-refractivity contribution < 1.29 is 27.2 Å². The van der Waals surface area contributed by atoms with E-state index >= 15 is 0 Å². The Bertz CT molecular complexity index is 1540. The summed E-state index contributed by atoms with van der Waals surface area (Å²) in [7, 11) is 0. The number of furan rings is 1. The molecule has 1 aliphatic heterocycles. The van der Waals surface area contributed by atoms with E-state index in [1.807, 2.05) is 48.5 Å². The van der Waals surface area contributed by atoms with E-state index in [2.05, 4.69) is 5.10 Å². The van der Waals surface area contributed by atoms with Crippen LogP contribution in [0.15, 0.2) is 94.4 Å². The van der Waals surface area contributed by atoms with Crippen LogP contribution in [0, 0.1) is 11.8 Å². The average molecular weight is 512 g/mol. The molecule has 4 aromatic rings. The number of halogens is 3. The van der Waals surface area contributed by atoms with E-state index in [-0.39, 0.29) is 40.7 Å². The van der Waals surface area contributed by atoms with Crippen molar-refractivity contribution in [2.45, 2.75) is 18.0 Å². The van der Waals surface area contributed by atoms with Gasteiger partial charge in [-0.25, -0.2) is 0 Å². The van der Waals surface area contributed by atoms with E-state index in [1.54, 1.807) is 0 Å². The third-order valence-electron chi connectivity index (χ3n) is 7.83. The van der Waals surface area contributed by atoms with Gasteiger partial charge in [-0.05, 0) is 46.5 Å². The van der Waals surface area contributed by atoms with Gasteiger partial charge in [-0.1, -0.05) is 60.7 Å². The topological polar surface area (TPSA) is 62.9 Å². The lowest BCUT2D eigenvalue weighted by Gasteiger charge is -2.45. The zero-order valence-corrected chi connectivity index (χ0v) is 19.7. The van der Waals surface area contributed by atoms with Gasteiger partial charge < -0.3 is 4.42 Å². The molecular weight excluding hydrogens is 493 g/mol. The largest absolute Gasteiger partial charge is 0.455 e. The first kappa shape index (κ1) is 22.7. The van der Waals surface area contributed by atoms with Gasteiger partial charge in [0.05, 0.1) is 23.6 Å². The predicted octanol–water partition coefficient (Wildman–Crippen LogP) is 6.19. The second kappa shape index (κ2) is 8.02. The standard InChI is InChI=1S/C30H19F3N2O3/c31-30(32,33)17-7-5-6-16(14-17)23-13-12-18(38-23)15-34-35-28(36)26-24-19-8-1-2-9-20(19)25(27(26)29(35)37)22-11-4-3-10-21(22)24/h1-15,24-27H. The summed E-state index contributed by atoms with van der Waals surface area (Å²) >= 11 is 0. The monoisotopic (exact) mass is 512 g/mol. The first-order valence-corrected chi connectivity index (χ1v) is 12.2. The Balaban J connectivity index is 1.20.